The monoisotopic (exact) mass is 377 g/mol. The Hall–Kier alpha value is -2.76. The van der Waals surface area contributed by atoms with E-state index in [1.54, 1.807) is 20.8 Å². The van der Waals surface area contributed by atoms with Crippen molar-refractivity contribution in [2.24, 2.45) is 0 Å². The summed E-state index contributed by atoms with van der Waals surface area (Å²) in [5.41, 5.74) is 1.99. The van der Waals surface area contributed by atoms with Gasteiger partial charge >= 0.3 is 5.97 Å². The molecule has 1 aromatic rings. The third kappa shape index (κ3) is 5.88. The van der Waals surface area contributed by atoms with Crippen molar-refractivity contribution >= 4 is 17.6 Å². The lowest BCUT2D eigenvalue weighted by Crippen LogP contribution is -2.18. The smallest absolute Gasteiger partial charge is 0.335 e. The fraction of sp³-hybridized carbons (Fsp3) is 0.333. The zero-order valence-corrected chi connectivity index (χ0v) is 16.1. The second kappa shape index (κ2) is 9.80. The molecule has 0 saturated carbocycles. The average Bonchev–Trinajstić information content (AvgIpc) is 2.61. The number of unbranched alkanes of at least 4 members (excludes halogenated alkanes) is 1. The largest absolute Gasteiger partial charge is 0.478 e. The van der Waals surface area contributed by atoms with E-state index >= 15 is 0 Å². The molecule has 0 heterocycles. The zero-order valence-electron chi connectivity index (χ0n) is 16.1. The SMILES string of the molecule is C=C(C(=O)O)/C(C)=C(C)/C(C(=O)Nc1ccc(F)c(F)c1)=C(\C)CCCC. The van der Waals surface area contributed by atoms with Crippen LogP contribution in [0.5, 0.6) is 0 Å². The second-order valence-corrected chi connectivity index (χ2v) is 6.38. The maximum atomic E-state index is 13.4. The summed E-state index contributed by atoms with van der Waals surface area (Å²) < 4.78 is 26.5. The van der Waals surface area contributed by atoms with Crippen LogP contribution in [-0.4, -0.2) is 17.0 Å². The maximum absolute atomic E-state index is 13.4. The highest BCUT2D eigenvalue weighted by Crippen LogP contribution is 2.26. The van der Waals surface area contributed by atoms with E-state index in [9.17, 15) is 18.4 Å². The predicted molar refractivity (Wildman–Crippen MR) is 102 cm³/mol. The van der Waals surface area contributed by atoms with Crippen LogP contribution in [0.3, 0.4) is 0 Å². The number of amides is 1. The average molecular weight is 377 g/mol. The molecule has 0 unspecified atom stereocenters. The molecule has 2 N–H and O–H groups in total. The van der Waals surface area contributed by atoms with Gasteiger partial charge < -0.3 is 10.4 Å². The van der Waals surface area contributed by atoms with Crippen molar-refractivity contribution in [2.75, 3.05) is 5.32 Å². The van der Waals surface area contributed by atoms with Crippen molar-refractivity contribution in [1.29, 1.82) is 0 Å². The van der Waals surface area contributed by atoms with Gasteiger partial charge in [0, 0.05) is 17.3 Å². The molecule has 146 valence electrons. The summed E-state index contributed by atoms with van der Waals surface area (Å²) in [6.07, 6.45) is 2.44. The number of carboxylic acids is 1. The molecule has 27 heavy (non-hydrogen) atoms. The van der Waals surface area contributed by atoms with Crippen molar-refractivity contribution in [2.45, 2.75) is 47.0 Å². The van der Waals surface area contributed by atoms with Crippen molar-refractivity contribution in [1.82, 2.24) is 0 Å². The Morgan fingerprint density at radius 3 is 2.26 bits per heavy atom. The van der Waals surface area contributed by atoms with Gasteiger partial charge in [0.1, 0.15) is 0 Å². The van der Waals surface area contributed by atoms with E-state index in [1.165, 1.54) is 6.07 Å². The standard InChI is InChI=1S/C21H25F2NO3/c1-6-7-8-12(2)19(14(4)13(3)15(5)21(26)27)20(25)24-16-9-10-17(22)18(23)11-16/h9-11H,5-8H2,1-4H3,(H,24,25)(H,26,27)/b14-13+,19-12-. The number of anilines is 1. The highest BCUT2D eigenvalue weighted by Gasteiger charge is 2.20. The molecule has 0 radical (unpaired) electrons. The fourth-order valence-electron chi connectivity index (χ4n) is 2.59. The van der Waals surface area contributed by atoms with Crippen LogP contribution in [0.1, 0.15) is 47.0 Å². The molecule has 4 nitrogen and oxygen atoms in total. The van der Waals surface area contributed by atoms with Gasteiger partial charge in [-0.3, -0.25) is 4.79 Å². The minimum Gasteiger partial charge on any atom is -0.478 e. The molecule has 1 amide bonds. The molecule has 6 heteroatoms. The number of halogens is 2. The maximum Gasteiger partial charge on any atom is 0.335 e. The van der Waals surface area contributed by atoms with Crippen LogP contribution < -0.4 is 5.32 Å². The van der Waals surface area contributed by atoms with Gasteiger partial charge in [0.25, 0.3) is 5.91 Å². The summed E-state index contributed by atoms with van der Waals surface area (Å²) in [6, 6.07) is 3.09. The van der Waals surface area contributed by atoms with Gasteiger partial charge in [0.2, 0.25) is 0 Å². The molecule has 0 fully saturated rings. The lowest BCUT2D eigenvalue weighted by atomic mass is 9.92. The Morgan fingerprint density at radius 1 is 1.11 bits per heavy atom. The number of hydrogen-bond donors (Lipinski definition) is 2. The molecule has 0 aliphatic rings. The molecule has 0 aromatic heterocycles. The van der Waals surface area contributed by atoms with E-state index in [0.717, 1.165) is 30.5 Å². The second-order valence-electron chi connectivity index (χ2n) is 6.38. The molecular weight excluding hydrogens is 352 g/mol. The normalized spacial score (nSPS) is 12.8. The van der Waals surface area contributed by atoms with E-state index in [1.807, 2.05) is 6.92 Å². The van der Waals surface area contributed by atoms with Crippen LogP contribution in [0.25, 0.3) is 0 Å². The number of nitrogens with one attached hydrogen (secondary N) is 1. The van der Waals surface area contributed by atoms with E-state index in [2.05, 4.69) is 11.9 Å². The summed E-state index contributed by atoms with van der Waals surface area (Å²) in [7, 11) is 0. The van der Waals surface area contributed by atoms with Crippen LogP contribution >= 0.6 is 0 Å². The van der Waals surface area contributed by atoms with Crippen LogP contribution in [0.4, 0.5) is 14.5 Å². The summed E-state index contributed by atoms with van der Waals surface area (Å²) >= 11 is 0. The number of hydrogen-bond acceptors (Lipinski definition) is 2. The zero-order chi connectivity index (χ0) is 20.7. The van der Waals surface area contributed by atoms with Crippen molar-refractivity contribution in [3.8, 4) is 0 Å². The molecular formula is C21H25F2NO3. The number of allylic oxidation sites excluding steroid dienone is 1. The topological polar surface area (TPSA) is 66.4 Å². The molecule has 0 saturated heterocycles. The van der Waals surface area contributed by atoms with Gasteiger partial charge in [-0.2, -0.15) is 0 Å². The minimum absolute atomic E-state index is 0.103. The number of rotatable bonds is 8. The van der Waals surface area contributed by atoms with E-state index in [0.29, 0.717) is 23.1 Å². The Morgan fingerprint density at radius 2 is 1.74 bits per heavy atom. The highest BCUT2D eigenvalue weighted by molar-refractivity contribution is 6.08. The number of benzene rings is 1. The molecule has 0 aliphatic heterocycles. The molecule has 0 bridgehead atoms. The van der Waals surface area contributed by atoms with Crippen LogP contribution in [-0.2, 0) is 9.59 Å². The molecule has 0 spiro atoms. The van der Waals surface area contributed by atoms with E-state index < -0.39 is 23.5 Å². The number of carbonyl (C=O) groups excluding carboxylic acids is 1. The van der Waals surface area contributed by atoms with E-state index in [4.69, 9.17) is 5.11 Å². The van der Waals surface area contributed by atoms with E-state index in [-0.39, 0.29) is 11.3 Å². The first kappa shape index (κ1) is 22.3. The molecule has 1 aromatic carbocycles. The Balaban J connectivity index is 3.35. The third-order valence-corrected chi connectivity index (χ3v) is 4.38. The lowest BCUT2D eigenvalue weighted by molar-refractivity contribution is -0.132. The van der Waals surface area contributed by atoms with Crippen LogP contribution in [0, 0.1) is 11.6 Å². The molecule has 0 aliphatic carbocycles. The summed E-state index contributed by atoms with van der Waals surface area (Å²) in [6.45, 7) is 10.6. The van der Waals surface area contributed by atoms with Crippen molar-refractivity contribution in [3.05, 3.63) is 64.3 Å². The van der Waals surface area contributed by atoms with Gasteiger partial charge in [0.15, 0.2) is 11.6 Å². The van der Waals surface area contributed by atoms with Crippen LogP contribution in [0.15, 0.2) is 52.6 Å². The summed E-state index contributed by atoms with van der Waals surface area (Å²) in [5, 5.41) is 11.7. The quantitative estimate of drug-likeness (QED) is 0.472. The van der Waals surface area contributed by atoms with Crippen molar-refractivity contribution < 1.29 is 23.5 Å². The molecule has 1 rings (SSSR count). The Bertz CT molecular complexity index is 823. The van der Waals surface area contributed by atoms with Gasteiger partial charge in [-0.25, -0.2) is 13.6 Å². The first-order valence-corrected chi connectivity index (χ1v) is 8.66. The van der Waals surface area contributed by atoms with Crippen molar-refractivity contribution in [3.63, 3.8) is 0 Å². The Kier molecular flexibility index (Phi) is 8.09. The molecule has 0 atom stereocenters. The Labute approximate surface area is 158 Å². The highest BCUT2D eigenvalue weighted by atomic mass is 19.2. The number of carbonyl (C=O) groups is 2. The first-order valence-electron chi connectivity index (χ1n) is 8.66. The summed E-state index contributed by atoms with van der Waals surface area (Å²) in [5.74, 6) is -3.75. The van der Waals surface area contributed by atoms with Crippen LogP contribution in [0.2, 0.25) is 0 Å². The van der Waals surface area contributed by atoms with Gasteiger partial charge in [-0.1, -0.05) is 25.5 Å². The van der Waals surface area contributed by atoms with Gasteiger partial charge in [-0.15, -0.1) is 0 Å². The third-order valence-electron chi connectivity index (χ3n) is 4.38. The minimum atomic E-state index is -1.17. The van der Waals surface area contributed by atoms with Gasteiger partial charge in [-0.05, 0) is 56.9 Å². The first-order chi connectivity index (χ1) is 12.6. The number of carboxylic acid groups (broad SMARTS) is 1. The van der Waals surface area contributed by atoms with Gasteiger partial charge in [0.05, 0.1) is 5.57 Å². The predicted octanol–water partition coefficient (Wildman–Crippen LogP) is 5.39. The fourth-order valence-corrected chi connectivity index (χ4v) is 2.59. The lowest BCUT2D eigenvalue weighted by Gasteiger charge is -2.16. The summed E-state index contributed by atoms with van der Waals surface area (Å²) in [4.78, 5) is 24.1. The number of aliphatic carboxylic acids is 1.